The summed E-state index contributed by atoms with van der Waals surface area (Å²) in [6, 6.07) is 0. The van der Waals surface area contributed by atoms with Crippen LogP contribution in [0.5, 0.6) is 0 Å². The lowest BCUT2D eigenvalue weighted by atomic mass is 10.3. The number of carboxylic acids is 2. The molecule has 2 heterocycles. The normalized spacial score (nSPS) is 21.7. The molecule has 0 amide bonds. The van der Waals surface area contributed by atoms with Crippen LogP contribution in [0.15, 0.2) is 12.2 Å². The summed E-state index contributed by atoms with van der Waals surface area (Å²) in [4.78, 5) is 35.4. The second-order valence-corrected chi connectivity index (χ2v) is 4.39. The molecule has 2 aliphatic rings. The zero-order chi connectivity index (χ0) is 18.1. The number of β-amino-alcohol motifs (C(OH)–C–C–N with tert-alkyl or cyclic N) is 2. The molecule has 0 aromatic carbocycles. The van der Waals surface area contributed by atoms with Crippen molar-refractivity contribution in [3.63, 3.8) is 0 Å². The number of nitrogens with one attached hydrogen (secondary N) is 2. The van der Waals surface area contributed by atoms with Crippen LogP contribution in [0.3, 0.4) is 0 Å². The topological polar surface area (TPSA) is 173 Å². The zero-order valence-corrected chi connectivity index (χ0v) is 12.5. The molecule has 2 rings (SSSR count). The van der Waals surface area contributed by atoms with Crippen molar-refractivity contribution in [3.05, 3.63) is 12.2 Å². The highest BCUT2D eigenvalue weighted by Gasteiger charge is 2.08. The van der Waals surface area contributed by atoms with Gasteiger partial charge in [0.2, 0.25) is 0 Å². The monoisotopic (exact) mass is 334 g/mol. The molecular formula is C13H22N2O8. The number of aliphatic carboxylic acids is 2. The molecule has 0 bridgehead atoms. The van der Waals surface area contributed by atoms with E-state index in [2.05, 4.69) is 10.6 Å². The molecule has 0 radical (unpaired) electrons. The predicted octanol–water partition coefficient (Wildman–Crippen LogP) is -2.19. The van der Waals surface area contributed by atoms with Gasteiger partial charge in [-0.25, -0.2) is 9.59 Å². The summed E-state index contributed by atoms with van der Waals surface area (Å²) in [6.45, 7) is 3.56. The summed E-state index contributed by atoms with van der Waals surface area (Å²) in [6.07, 6.45) is 3.10. The van der Waals surface area contributed by atoms with Crippen molar-refractivity contribution in [3.8, 4) is 0 Å². The SMILES string of the molecule is O=C(O)/C=C\C(=O)O.O=C=O.O[C@@H]1CCNC1.O[C@@H]1CCNC1. The highest BCUT2D eigenvalue weighted by Crippen LogP contribution is 1.93. The summed E-state index contributed by atoms with van der Waals surface area (Å²) in [5.41, 5.74) is 0. The number of carbonyl (C=O) groups is 2. The molecule has 23 heavy (non-hydrogen) atoms. The number of aliphatic hydroxyl groups excluding tert-OH is 2. The Morgan fingerprint density at radius 3 is 1.26 bits per heavy atom. The fourth-order valence-electron chi connectivity index (χ4n) is 1.42. The van der Waals surface area contributed by atoms with Crippen LogP contribution in [0.25, 0.3) is 0 Å². The van der Waals surface area contributed by atoms with Gasteiger partial charge in [0.05, 0.1) is 12.2 Å². The van der Waals surface area contributed by atoms with E-state index in [-0.39, 0.29) is 18.4 Å². The Hall–Kier alpha value is -2.10. The van der Waals surface area contributed by atoms with Crippen molar-refractivity contribution >= 4 is 18.1 Å². The zero-order valence-electron chi connectivity index (χ0n) is 12.5. The second kappa shape index (κ2) is 16.3. The van der Waals surface area contributed by atoms with Gasteiger partial charge < -0.3 is 31.1 Å². The summed E-state index contributed by atoms with van der Waals surface area (Å²) < 4.78 is 0. The predicted molar refractivity (Wildman–Crippen MR) is 76.4 cm³/mol. The third kappa shape index (κ3) is 22.3. The molecule has 0 unspecified atom stereocenters. The van der Waals surface area contributed by atoms with E-state index in [1.807, 2.05) is 0 Å². The van der Waals surface area contributed by atoms with Gasteiger partial charge in [-0.2, -0.15) is 9.59 Å². The standard InChI is InChI=1S/2C4H9NO.C4H4O4.CO2/c2*6-4-1-2-5-3-4;5-3(6)1-2-4(7)8;2-1-3/h2*4-6H,1-3H2;1-2H,(H,5,6)(H,7,8);/b;;2-1-;/t2*4-;;/m11../s1. The molecule has 2 fully saturated rings. The van der Waals surface area contributed by atoms with Crippen LogP contribution in [0.4, 0.5) is 0 Å². The molecule has 0 aromatic rings. The number of carbonyl (C=O) groups excluding carboxylic acids is 2. The second-order valence-electron chi connectivity index (χ2n) is 4.39. The van der Waals surface area contributed by atoms with Crippen molar-refractivity contribution in [1.29, 1.82) is 0 Å². The quantitative estimate of drug-likeness (QED) is 0.304. The van der Waals surface area contributed by atoms with Gasteiger partial charge in [0.15, 0.2) is 0 Å². The molecule has 0 aliphatic carbocycles. The first-order valence-electron chi connectivity index (χ1n) is 6.74. The van der Waals surface area contributed by atoms with Crippen LogP contribution in [0.1, 0.15) is 12.8 Å². The Balaban J connectivity index is 0. The lowest BCUT2D eigenvalue weighted by Gasteiger charge is -1.90. The minimum Gasteiger partial charge on any atom is -0.478 e. The van der Waals surface area contributed by atoms with E-state index >= 15 is 0 Å². The number of rotatable bonds is 2. The molecule has 6 N–H and O–H groups in total. The van der Waals surface area contributed by atoms with Gasteiger partial charge in [-0.3, -0.25) is 0 Å². The van der Waals surface area contributed by atoms with Gasteiger partial charge in [-0.05, 0) is 25.9 Å². The minimum absolute atomic E-state index is 0.0648. The van der Waals surface area contributed by atoms with Gasteiger partial charge >= 0.3 is 18.1 Å². The smallest absolute Gasteiger partial charge is 0.373 e. The molecule has 2 saturated heterocycles. The molecule has 10 heteroatoms. The molecule has 2 atom stereocenters. The first-order valence-corrected chi connectivity index (χ1v) is 6.74. The Labute approximate surface area is 132 Å². The Morgan fingerprint density at radius 2 is 1.17 bits per heavy atom. The summed E-state index contributed by atoms with van der Waals surface area (Å²) in [7, 11) is 0. The van der Waals surface area contributed by atoms with E-state index < -0.39 is 11.9 Å². The van der Waals surface area contributed by atoms with Gasteiger partial charge in [0.1, 0.15) is 0 Å². The highest BCUT2D eigenvalue weighted by atomic mass is 16.4. The molecule has 0 spiro atoms. The number of hydrogen-bond donors (Lipinski definition) is 6. The van der Waals surface area contributed by atoms with Crippen molar-refractivity contribution in [2.45, 2.75) is 25.0 Å². The molecule has 2 aliphatic heterocycles. The number of aliphatic hydroxyl groups is 2. The van der Waals surface area contributed by atoms with E-state index in [4.69, 9.17) is 30.0 Å². The van der Waals surface area contributed by atoms with Crippen LogP contribution < -0.4 is 10.6 Å². The maximum absolute atomic E-state index is 9.55. The molecule has 0 aromatic heterocycles. The minimum atomic E-state index is -1.26. The van der Waals surface area contributed by atoms with Crippen molar-refractivity contribution in [2.24, 2.45) is 0 Å². The van der Waals surface area contributed by atoms with Gasteiger partial charge in [-0.1, -0.05) is 0 Å². The van der Waals surface area contributed by atoms with Crippen LogP contribution in [-0.4, -0.2) is 76.9 Å². The largest absolute Gasteiger partial charge is 0.478 e. The average molecular weight is 334 g/mol. The summed E-state index contributed by atoms with van der Waals surface area (Å²) >= 11 is 0. The van der Waals surface area contributed by atoms with Gasteiger partial charge in [0.25, 0.3) is 0 Å². The first kappa shape index (κ1) is 23.2. The van der Waals surface area contributed by atoms with E-state index in [0.717, 1.165) is 39.0 Å². The summed E-state index contributed by atoms with van der Waals surface area (Å²) in [5.74, 6) is -2.51. The Bertz CT molecular complexity index is 351. The Morgan fingerprint density at radius 1 is 0.870 bits per heavy atom. The third-order valence-corrected chi connectivity index (χ3v) is 2.44. The average Bonchev–Trinajstić information content (AvgIpc) is 3.12. The molecule has 132 valence electrons. The van der Waals surface area contributed by atoms with Crippen LogP contribution >= 0.6 is 0 Å². The lowest BCUT2D eigenvalue weighted by Crippen LogP contribution is -2.11. The van der Waals surface area contributed by atoms with Gasteiger partial charge in [0, 0.05) is 25.2 Å². The molecule has 10 nitrogen and oxygen atoms in total. The van der Waals surface area contributed by atoms with E-state index in [0.29, 0.717) is 12.2 Å². The first-order chi connectivity index (χ1) is 10.8. The van der Waals surface area contributed by atoms with Crippen LogP contribution in [0, 0.1) is 0 Å². The summed E-state index contributed by atoms with van der Waals surface area (Å²) in [5, 5.41) is 39.0. The van der Waals surface area contributed by atoms with Crippen molar-refractivity contribution in [2.75, 3.05) is 26.2 Å². The van der Waals surface area contributed by atoms with E-state index in [9.17, 15) is 9.59 Å². The van der Waals surface area contributed by atoms with Crippen LogP contribution in [-0.2, 0) is 19.2 Å². The maximum Gasteiger partial charge on any atom is 0.373 e. The fourth-order valence-corrected chi connectivity index (χ4v) is 1.42. The third-order valence-electron chi connectivity index (χ3n) is 2.44. The maximum atomic E-state index is 9.55. The van der Waals surface area contributed by atoms with Crippen molar-refractivity contribution in [1.82, 2.24) is 10.6 Å². The number of hydrogen-bond acceptors (Lipinski definition) is 8. The molecule has 0 saturated carbocycles. The van der Waals surface area contributed by atoms with Crippen molar-refractivity contribution < 1.29 is 39.6 Å². The highest BCUT2D eigenvalue weighted by molar-refractivity contribution is 5.89. The fraction of sp³-hybridized carbons (Fsp3) is 0.615. The van der Waals surface area contributed by atoms with E-state index in [1.165, 1.54) is 0 Å². The molecular weight excluding hydrogens is 312 g/mol. The Kier molecular flexibility index (Phi) is 16.4. The number of carboxylic acid groups (broad SMARTS) is 2. The van der Waals surface area contributed by atoms with Crippen LogP contribution in [0.2, 0.25) is 0 Å². The van der Waals surface area contributed by atoms with E-state index in [1.54, 1.807) is 0 Å². The van der Waals surface area contributed by atoms with Gasteiger partial charge in [-0.15, -0.1) is 0 Å². The lowest BCUT2D eigenvalue weighted by molar-refractivity contribution is -0.191.